The molecule has 0 saturated heterocycles. The fraction of sp³-hybridized carbons (Fsp3) is 0.889. The molecule has 0 rings (SSSR count). The van der Waals surface area contributed by atoms with Crippen molar-refractivity contribution in [1.29, 1.82) is 0 Å². The Bertz CT molecular complexity index is 126. The molecule has 0 aromatic heterocycles. The fourth-order valence-corrected chi connectivity index (χ4v) is 1.58. The van der Waals surface area contributed by atoms with Crippen LogP contribution in [0.25, 0.3) is 0 Å². The van der Waals surface area contributed by atoms with Crippen molar-refractivity contribution in [1.82, 2.24) is 0 Å². The molecule has 0 radical (unpaired) electrons. The van der Waals surface area contributed by atoms with Crippen molar-refractivity contribution in [3.05, 3.63) is 0 Å². The average Bonchev–Trinajstić information content (AvgIpc) is 2.05. The number of ether oxygens (including phenoxy) is 1. The lowest BCUT2D eigenvalue weighted by Crippen LogP contribution is -2.17. The van der Waals surface area contributed by atoms with Crippen LogP contribution in [0.1, 0.15) is 39.5 Å². The molecular formula is C9H17IO2. The van der Waals surface area contributed by atoms with Gasteiger partial charge in [0.1, 0.15) is 3.92 Å². The number of carbonyl (C=O) groups is 1. The van der Waals surface area contributed by atoms with Gasteiger partial charge in [0.25, 0.3) is 0 Å². The van der Waals surface area contributed by atoms with Crippen molar-refractivity contribution in [2.75, 3.05) is 6.61 Å². The molecule has 0 saturated carbocycles. The number of rotatable bonds is 6. The minimum absolute atomic E-state index is 0.0458. The molecule has 0 aliphatic rings. The highest BCUT2D eigenvalue weighted by atomic mass is 127. The zero-order chi connectivity index (χ0) is 9.40. The molecule has 3 heteroatoms. The summed E-state index contributed by atoms with van der Waals surface area (Å²) in [7, 11) is 0. The van der Waals surface area contributed by atoms with Crippen molar-refractivity contribution in [3.63, 3.8) is 0 Å². The summed E-state index contributed by atoms with van der Waals surface area (Å²) in [6.07, 6.45) is 4.01. The lowest BCUT2D eigenvalue weighted by Gasteiger charge is -2.07. The molecule has 0 N–H and O–H groups in total. The smallest absolute Gasteiger partial charge is 0.318 e. The predicted molar refractivity (Wildman–Crippen MR) is 58.6 cm³/mol. The average molecular weight is 284 g/mol. The van der Waals surface area contributed by atoms with E-state index in [4.69, 9.17) is 4.74 Å². The Labute approximate surface area is 88.2 Å². The summed E-state index contributed by atoms with van der Waals surface area (Å²) in [4.78, 5) is 11.2. The Morgan fingerprint density at radius 3 is 2.58 bits per heavy atom. The van der Waals surface area contributed by atoms with Gasteiger partial charge in [0.2, 0.25) is 0 Å². The largest absolute Gasteiger partial charge is 0.465 e. The quantitative estimate of drug-likeness (QED) is 0.324. The molecule has 0 aliphatic carbocycles. The predicted octanol–water partition coefficient (Wildman–Crippen LogP) is 2.93. The highest BCUT2D eigenvalue weighted by Gasteiger charge is 2.13. The van der Waals surface area contributed by atoms with Gasteiger partial charge in [-0.3, -0.25) is 4.79 Å². The minimum Gasteiger partial charge on any atom is -0.465 e. The molecule has 0 spiro atoms. The van der Waals surface area contributed by atoms with Crippen molar-refractivity contribution in [3.8, 4) is 0 Å². The molecule has 12 heavy (non-hydrogen) atoms. The molecule has 1 unspecified atom stereocenters. The van der Waals surface area contributed by atoms with Gasteiger partial charge in [-0.1, -0.05) is 49.3 Å². The minimum atomic E-state index is -0.0501. The molecule has 0 fully saturated rings. The first-order valence-corrected chi connectivity index (χ1v) is 5.77. The zero-order valence-corrected chi connectivity index (χ0v) is 9.96. The van der Waals surface area contributed by atoms with E-state index in [1.807, 2.05) is 0 Å². The molecule has 0 aromatic rings. The Morgan fingerprint density at radius 2 is 2.08 bits per heavy atom. The van der Waals surface area contributed by atoms with Gasteiger partial charge in [-0.05, 0) is 12.8 Å². The van der Waals surface area contributed by atoms with Gasteiger partial charge >= 0.3 is 5.97 Å². The summed E-state index contributed by atoms with van der Waals surface area (Å²) >= 11 is 2.14. The summed E-state index contributed by atoms with van der Waals surface area (Å²) in [6, 6.07) is 0. The first kappa shape index (κ1) is 12.2. The van der Waals surface area contributed by atoms with Gasteiger partial charge in [0.15, 0.2) is 0 Å². The second-order valence-corrected chi connectivity index (χ2v) is 4.28. The Morgan fingerprint density at radius 1 is 1.42 bits per heavy atom. The number of alkyl halides is 1. The molecular weight excluding hydrogens is 267 g/mol. The standard InChI is InChI=1S/C9H17IO2/c1-3-5-7-12-9(11)8(10)6-4-2/h8H,3-7H2,1-2H3. The monoisotopic (exact) mass is 284 g/mol. The number of halogens is 1. The number of unbranched alkanes of at least 4 members (excludes halogenated alkanes) is 1. The Balaban J connectivity index is 3.43. The molecule has 2 nitrogen and oxygen atoms in total. The third-order valence-corrected chi connectivity index (χ3v) is 2.67. The Kier molecular flexibility index (Phi) is 7.96. The van der Waals surface area contributed by atoms with E-state index in [-0.39, 0.29) is 9.89 Å². The summed E-state index contributed by atoms with van der Waals surface area (Å²) in [5, 5.41) is 0. The molecule has 0 heterocycles. The van der Waals surface area contributed by atoms with Crippen LogP contribution in [0.4, 0.5) is 0 Å². The van der Waals surface area contributed by atoms with Gasteiger partial charge in [0, 0.05) is 0 Å². The van der Waals surface area contributed by atoms with E-state index in [0.29, 0.717) is 6.61 Å². The Hall–Kier alpha value is 0.200. The van der Waals surface area contributed by atoms with E-state index in [0.717, 1.165) is 25.7 Å². The summed E-state index contributed by atoms with van der Waals surface area (Å²) < 4.78 is 5.10. The third kappa shape index (κ3) is 5.80. The maximum absolute atomic E-state index is 11.2. The van der Waals surface area contributed by atoms with Crippen LogP contribution in [0.5, 0.6) is 0 Å². The van der Waals surface area contributed by atoms with Gasteiger partial charge in [0.05, 0.1) is 6.61 Å². The van der Waals surface area contributed by atoms with Crippen LogP contribution in [-0.2, 0) is 9.53 Å². The lowest BCUT2D eigenvalue weighted by atomic mass is 10.2. The van der Waals surface area contributed by atoms with Crippen molar-refractivity contribution in [2.24, 2.45) is 0 Å². The summed E-state index contributed by atoms with van der Waals surface area (Å²) in [6.45, 7) is 4.74. The van der Waals surface area contributed by atoms with E-state index in [2.05, 4.69) is 36.4 Å². The van der Waals surface area contributed by atoms with Gasteiger partial charge < -0.3 is 4.74 Å². The van der Waals surface area contributed by atoms with E-state index in [1.54, 1.807) is 0 Å². The van der Waals surface area contributed by atoms with Crippen LogP contribution in [0.3, 0.4) is 0 Å². The fourth-order valence-electron chi connectivity index (χ4n) is 0.779. The van der Waals surface area contributed by atoms with Crippen molar-refractivity contribution in [2.45, 2.75) is 43.5 Å². The first-order chi connectivity index (χ1) is 5.72. The van der Waals surface area contributed by atoms with Crippen LogP contribution in [0.15, 0.2) is 0 Å². The number of esters is 1. The second-order valence-electron chi connectivity index (χ2n) is 2.78. The van der Waals surface area contributed by atoms with E-state index >= 15 is 0 Å². The second kappa shape index (κ2) is 7.83. The van der Waals surface area contributed by atoms with Crippen molar-refractivity contribution >= 4 is 28.6 Å². The van der Waals surface area contributed by atoms with Gasteiger partial charge in [-0.15, -0.1) is 0 Å². The topological polar surface area (TPSA) is 26.3 Å². The molecule has 72 valence electrons. The van der Waals surface area contributed by atoms with E-state index in [9.17, 15) is 4.79 Å². The van der Waals surface area contributed by atoms with Crippen molar-refractivity contribution < 1.29 is 9.53 Å². The zero-order valence-electron chi connectivity index (χ0n) is 7.81. The van der Waals surface area contributed by atoms with Crippen LogP contribution < -0.4 is 0 Å². The highest BCUT2D eigenvalue weighted by Crippen LogP contribution is 2.10. The highest BCUT2D eigenvalue weighted by molar-refractivity contribution is 14.1. The van der Waals surface area contributed by atoms with E-state index < -0.39 is 0 Å². The SMILES string of the molecule is CCCCOC(=O)C(I)CCC. The molecule has 0 aromatic carbocycles. The number of hydrogen-bond donors (Lipinski definition) is 0. The molecule has 1 atom stereocenters. The molecule has 0 bridgehead atoms. The third-order valence-electron chi connectivity index (χ3n) is 1.54. The van der Waals surface area contributed by atoms with Gasteiger partial charge in [-0.25, -0.2) is 0 Å². The van der Waals surface area contributed by atoms with Crippen LogP contribution in [0.2, 0.25) is 0 Å². The normalized spacial score (nSPS) is 12.6. The van der Waals surface area contributed by atoms with Gasteiger partial charge in [-0.2, -0.15) is 0 Å². The first-order valence-electron chi connectivity index (χ1n) is 4.53. The van der Waals surface area contributed by atoms with E-state index in [1.165, 1.54) is 0 Å². The summed E-state index contributed by atoms with van der Waals surface area (Å²) in [5.74, 6) is -0.0501. The maximum atomic E-state index is 11.2. The summed E-state index contributed by atoms with van der Waals surface area (Å²) in [5.41, 5.74) is 0. The number of hydrogen-bond acceptors (Lipinski definition) is 2. The lowest BCUT2D eigenvalue weighted by molar-refractivity contribution is -0.142. The molecule has 0 amide bonds. The van der Waals surface area contributed by atoms with Crippen LogP contribution >= 0.6 is 22.6 Å². The maximum Gasteiger partial charge on any atom is 0.318 e. The molecule has 0 aliphatic heterocycles. The van der Waals surface area contributed by atoms with Crippen LogP contribution in [-0.4, -0.2) is 16.5 Å². The van der Waals surface area contributed by atoms with Crippen LogP contribution in [0, 0.1) is 0 Å². The number of carbonyl (C=O) groups excluding carboxylic acids is 1.